The largest absolute Gasteiger partial charge is 0.508 e. The van der Waals surface area contributed by atoms with Gasteiger partial charge in [-0.15, -0.1) is 0 Å². The predicted octanol–water partition coefficient (Wildman–Crippen LogP) is 2.37. The van der Waals surface area contributed by atoms with Gasteiger partial charge in [0.25, 0.3) is 0 Å². The van der Waals surface area contributed by atoms with E-state index in [0.29, 0.717) is 0 Å². The molecule has 4 heteroatoms. The van der Waals surface area contributed by atoms with Crippen LogP contribution in [0.25, 0.3) is 0 Å². The van der Waals surface area contributed by atoms with Crippen LogP contribution in [-0.4, -0.2) is 22.3 Å². The third-order valence-corrected chi connectivity index (χ3v) is 2.41. The number of hydrogen-bond acceptors (Lipinski definition) is 4. The molecule has 1 aromatic carbocycles. The quantitative estimate of drug-likeness (QED) is 0.773. The summed E-state index contributed by atoms with van der Waals surface area (Å²) >= 11 is 0. The molecule has 4 nitrogen and oxygen atoms in total. The van der Waals surface area contributed by atoms with Crippen molar-refractivity contribution in [1.29, 1.82) is 0 Å². The molecule has 1 aromatic rings. The number of esters is 1. The van der Waals surface area contributed by atoms with Gasteiger partial charge in [0.1, 0.15) is 11.5 Å². The van der Waals surface area contributed by atoms with Crippen LogP contribution in [0.5, 0.6) is 11.5 Å². The molecule has 94 valence electrons. The van der Waals surface area contributed by atoms with E-state index in [1.807, 2.05) is 6.92 Å². The van der Waals surface area contributed by atoms with Crippen molar-refractivity contribution in [3.8, 4) is 11.5 Å². The molecule has 17 heavy (non-hydrogen) atoms. The van der Waals surface area contributed by atoms with E-state index in [-0.39, 0.29) is 23.6 Å². The molecule has 0 bridgehead atoms. The van der Waals surface area contributed by atoms with Gasteiger partial charge in [-0.05, 0) is 43.9 Å². The van der Waals surface area contributed by atoms with Crippen LogP contribution in [0.15, 0.2) is 18.2 Å². The molecule has 0 aromatic heterocycles. The number of hydrogen-bond donors (Lipinski definition) is 2. The van der Waals surface area contributed by atoms with Crippen molar-refractivity contribution in [3.63, 3.8) is 0 Å². The molecule has 0 saturated heterocycles. The molecule has 0 spiro atoms. The van der Waals surface area contributed by atoms with E-state index in [1.165, 1.54) is 13.0 Å². The monoisotopic (exact) mass is 238 g/mol. The summed E-state index contributed by atoms with van der Waals surface area (Å²) in [5.41, 5.74) is 0.873. The lowest BCUT2D eigenvalue weighted by atomic mass is 10.1. The number of ether oxygens (including phenoxy) is 1. The maximum atomic E-state index is 10.7. The first kappa shape index (κ1) is 13.4. The van der Waals surface area contributed by atoms with E-state index >= 15 is 0 Å². The average molecular weight is 238 g/mol. The van der Waals surface area contributed by atoms with Crippen LogP contribution in [-0.2, 0) is 16.0 Å². The van der Waals surface area contributed by atoms with Gasteiger partial charge in [0.05, 0.1) is 6.10 Å². The second-order valence-corrected chi connectivity index (χ2v) is 4.17. The van der Waals surface area contributed by atoms with Crippen LogP contribution >= 0.6 is 0 Å². The molecule has 0 heterocycles. The summed E-state index contributed by atoms with van der Waals surface area (Å²) in [6.07, 6.45) is 2.22. The van der Waals surface area contributed by atoms with Crippen molar-refractivity contribution in [2.75, 3.05) is 0 Å². The summed E-state index contributed by atoms with van der Waals surface area (Å²) in [4.78, 5) is 10.7. The molecular weight excluding hydrogens is 220 g/mol. The first-order valence-electron chi connectivity index (χ1n) is 5.66. The highest BCUT2D eigenvalue weighted by atomic mass is 16.5. The molecule has 0 saturated carbocycles. The van der Waals surface area contributed by atoms with E-state index in [1.54, 1.807) is 12.1 Å². The van der Waals surface area contributed by atoms with Gasteiger partial charge < -0.3 is 14.9 Å². The fourth-order valence-electron chi connectivity index (χ4n) is 1.74. The third kappa shape index (κ3) is 5.24. The third-order valence-electron chi connectivity index (χ3n) is 2.41. The molecule has 1 rings (SSSR count). The standard InChI is InChI=1S/C13H18O4/c1-9(17-10(2)14)4-3-5-11-6-12(15)8-13(16)7-11/h6-9,15-16H,3-5H2,1-2H3/t9-/m0/s1. The number of phenolic OH excluding ortho intramolecular Hbond substituents is 2. The normalized spacial score (nSPS) is 12.1. The Balaban J connectivity index is 2.37. The van der Waals surface area contributed by atoms with Gasteiger partial charge in [0.2, 0.25) is 0 Å². The molecule has 0 fully saturated rings. The summed E-state index contributed by atoms with van der Waals surface area (Å²) in [5, 5.41) is 18.6. The van der Waals surface area contributed by atoms with E-state index in [9.17, 15) is 15.0 Å². The van der Waals surface area contributed by atoms with Crippen LogP contribution in [0, 0.1) is 0 Å². The number of phenols is 2. The van der Waals surface area contributed by atoms with Gasteiger partial charge in [-0.25, -0.2) is 0 Å². The molecule has 0 amide bonds. The van der Waals surface area contributed by atoms with Crippen LogP contribution in [0.1, 0.15) is 32.3 Å². The molecule has 2 N–H and O–H groups in total. The molecule has 0 aliphatic rings. The number of rotatable bonds is 5. The number of benzene rings is 1. The molecular formula is C13H18O4. The molecule has 0 radical (unpaired) electrons. The summed E-state index contributed by atoms with van der Waals surface area (Å²) in [6.45, 7) is 3.24. The number of carbonyl (C=O) groups is 1. The van der Waals surface area contributed by atoms with Crippen LogP contribution < -0.4 is 0 Å². The minimum absolute atomic E-state index is 0.0630. The molecule has 0 aliphatic heterocycles. The Kier molecular flexibility index (Phi) is 4.82. The minimum Gasteiger partial charge on any atom is -0.508 e. The fourth-order valence-corrected chi connectivity index (χ4v) is 1.74. The Morgan fingerprint density at radius 1 is 1.29 bits per heavy atom. The number of aryl methyl sites for hydroxylation is 1. The van der Waals surface area contributed by atoms with Gasteiger partial charge in [-0.2, -0.15) is 0 Å². The van der Waals surface area contributed by atoms with E-state index in [0.717, 1.165) is 24.8 Å². The van der Waals surface area contributed by atoms with Crippen LogP contribution in [0.2, 0.25) is 0 Å². The number of aromatic hydroxyl groups is 2. The van der Waals surface area contributed by atoms with Crippen molar-refractivity contribution >= 4 is 5.97 Å². The smallest absolute Gasteiger partial charge is 0.302 e. The predicted molar refractivity (Wildman–Crippen MR) is 63.9 cm³/mol. The molecule has 1 atom stereocenters. The van der Waals surface area contributed by atoms with Gasteiger partial charge in [-0.3, -0.25) is 4.79 Å². The van der Waals surface area contributed by atoms with E-state index in [4.69, 9.17) is 4.74 Å². The lowest BCUT2D eigenvalue weighted by Crippen LogP contribution is -2.12. The van der Waals surface area contributed by atoms with Crippen molar-refractivity contribution in [3.05, 3.63) is 23.8 Å². The van der Waals surface area contributed by atoms with Crippen molar-refractivity contribution in [2.24, 2.45) is 0 Å². The van der Waals surface area contributed by atoms with Crippen molar-refractivity contribution < 1.29 is 19.7 Å². The molecule has 0 aliphatic carbocycles. The first-order valence-corrected chi connectivity index (χ1v) is 5.66. The highest BCUT2D eigenvalue weighted by Crippen LogP contribution is 2.21. The minimum atomic E-state index is -0.271. The highest BCUT2D eigenvalue weighted by Gasteiger charge is 2.06. The maximum Gasteiger partial charge on any atom is 0.302 e. The second-order valence-electron chi connectivity index (χ2n) is 4.17. The zero-order chi connectivity index (χ0) is 12.8. The molecule has 0 unspecified atom stereocenters. The zero-order valence-electron chi connectivity index (χ0n) is 10.1. The van der Waals surface area contributed by atoms with Gasteiger partial charge in [-0.1, -0.05) is 0 Å². The summed E-state index contributed by atoms with van der Waals surface area (Å²) < 4.78 is 5.00. The summed E-state index contributed by atoms with van der Waals surface area (Å²) in [7, 11) is 0. The summed E-state index contributed by atoms with van der Waals surface area (Å²) in [6, 6.07) is 4.54. The Bertz CT molecular complexity index is 367. The maximum absolute atomic E-state index is 10.7. The Hall–Kier alpha value is -1.71. The van der Waals surface area contributed by atoms with Crippen LogP contribution in [0.3, 0.4) is 0 Å². The fraction of sp³-hybridized carbons (Fsp3) is 0.462. The van der Waals surface area contributed by atoms with Crippen LogP contribution in [0.4, 0.5) is 0 Å². The second kappa shape index (κ2) is 6.13. The first-order chi connectivity index (χ1) is 7.97. The Morgan fingerprint density at radius 3 is 2.41 bits per heavy atom. The van der Waals surface area contributed by atoms with Gasteiger partial charge in [0.15, 0.2) is 0 Å². The lowest BCUT2D eigenvalue weighted by molar-refractivity contribution is -0.145. The topological polar surface area (TPSA) is 66.8 Å². The zero-order valence-corrected chi connectivity index (χ0v) is 10.1. The number of carbonyl (C=O) groups excluding carboxylic acids is 1. The van der Waals surface area contributed by atoms with Crippen molar-refractivity contribution in [2.45, 2.75) is 39.2 Å². The van der Waals surface area contributed by atoms with E-state index in [2.05, 4.69) is 0 Å². The highest BCUT2D eigenvalue weighted by molar-refractivity contribution is 5.66. The average Bonchev–Trinajstić information content (AvgIpc) is 2.14. The van der Waals surface area contributed by atoms with Gasteiger partial charge >= 0.3 is 5.97 Å². The van der Waals surface area contributed by atoms with E-state index < -0.39 is 0 Å². The summed E-state index contributed by atoms with van der Waals surface area (Å²) in [5.74, 6) is -0.145. The Morgan fingerprint density at radius 2 is 1.88 bits per heavy atom. The lowest BCUT2D eigenvalue weighted by Gasteiger charge is -2.11. The van der Waals surface area contributed by atoms with Gasteiger partial charge in [0, 0.05) is 13.0 Å². The SMILES string of the molecule is CC(=O)O[C@@H](C)CCCc1cc(O)cc(O)c1. The Labute approximate surface area is 101 Å². The van der Waals surface area contributed by atoms with Crippen molar-refractivity contribution in [1.82, 2.24) is 0 Å².